The summed E-state index contributed by atoms with van der Waals surface area (Å²) in [6, 6.07) is 14.6. The van der Waals surface area contributed by atoms with E-state index < -0.39 is 0 Å². The van der Waals surface area contributed by atoms with E-state index in [1.165, 1.54) is 11.3 Å². The van der Waals surface area contributed by atoms with Crippen LogP contribution in [-0.4, -0.2) is 16.9 Å². The summed E-state index contributed by atoms with van der Waals surface area (Å²) in [7, 11) is 0. The number of thiazole rings is 1. The third-order valence-corrected chi connectivity index (χ3v) is 4.83. The molecule has 138 valence electrons. The molecule has 3 aromatic rings. The monoisotopic (exact) mass is 380 g/mol. The van der Waals surface area contributed by atoms with Crippen molar-refractivity contribution < 1.29 is 9.59 Å². The second-order valence-corrected chi connectivity index (χ2v) is 6.92. The summed E-state index contributed by atoms with van der Waals surface area (Å²) in [6.45, 7) is 3.98. The number of carbonyl (C=O) groups is 2. The van der Waals surface area contributed by atoms with Gasteiger partial charge in [0, 0.05) is 16.8 Å². The Morgan fingerprint density at radius 1 is 0.963 bits per heavy atom. The number of anilines is 3. The molecular formula is C20H20N4O2S. The second kappa shape index (κ2) is 8.46. The van der Waals surface area contributed by atoms with Gasteiger partial charge >= 0.3 is 6.03 Å². The SMILES string of the molecule is Cc1cccc(NC(=O)Cc2csc(NC(=O)Nc3ccccc3)n2)c1C. The van der Waals surface area contributed by atoms with Crippen LogP contribution in [0.25, 0.3) is 0 Å². The molecule has 0 bridgehead atoms. The summed E-state index contributed by atoms with van der Waals surface area (Å²) < 4.78 is 0. The first-order chi connectivity index (χ1) is 13.0. The largest absolute Gasteiger partial charge is 0.325 e. The van der Waals surface area contributed by atoms with Gasteiger partial charge in [-0.1, -0.05) is 30.3 Å². The van der Waals surface area contributed by atoms with E-state index >= 15 is 0 Å². The number of benzene rings is 2. The second-order valence-electron chi connectivity index (χ2n) is 6.06. The molecule has 7 heteroatoms. The first-order valence-corrected chi connectivity index (χ1v) is 9.33. The van der Waals surface area contributed by atoms with Crippen molar-refractivity contribution in [2.24, 2.45) is 0 Å². The Labute approximate surface area is 161 Å². The zero-order valence-corrected chi connectivity index (χ0v) is 15.9. The number of urea groups is 1. The summed E-state index contributed by atoms with van der Waals surface area (Å²) in [5.41, 5.74) is 4.27. The number of amides is 3. The molecule has 27 heavy (non-hydrogen) atoms. The molecule has 1 heterocycles. The molecule has 0 radical (unpaired) electrons. The molecule has 3 N–H and O–H groups in total. The minimum absolute atomic E-state index is 0.144. The number of carbonyl (C=O) groups excluding carboxylic acids is 2. The molecule has 0 unspecified atom stereocenters. The summed E-state index contributed by atoms with van der Waals surface area (Å²) in [6.07, 6.45) is 0.145. The van der Waals surface area contributed by atoms with Gasteiger partial charge in [-0.3, -0.25) is 10.1 Å². The lowest BCUT2D eigenvalue weighted by Gasteiger charge is -2.09. The van der Waals surface area contributed by atoms with Gasteiger partial charge in [0.1, 0.15) is 0 Å². The maximum Gasteiger partial charge on any atom is 0.325 e. The Morgan fingerprint density at radius 3 is 2.52 bits per heavy atom. The average Bonchev–Trinajstić information content (AvgIpc) is 3.06. The van der Waals surface area contributed by atoms with Gasteiger partial charge in [0.2, 0.25) is 5.91 Å². The molecule has 0 saturated carbocycles. The molecular weight excluding hydrogens is 360 g/mol. The van der Waals surface area contributed by atoms with Crippen LogP contribution >= 0.6 is 11.3 Å². The number of para-hydroxylation sites is 1. The Balaban J connectivity index is 1.55. The van der Waals surface area contributed by atoms with Gasteiger partial charge in [-0.25, -0.2) is 9.78 Å². The van der Waals surface area contributed by atoms with E-state index in [1.807, 2.05) is 50.2 Å². The van der Waals surface area contributed by atoms with Crippen molar-refractivity contribution in [3.63, 3.8) is 0 Å². The van der Waals surface area contributed by atoms with Gasteiger partial charge in [0.05, 0.1) is 12.1 Å². The topological polar surface area (TPSA) is 83.1 Å². The highest BCUT2D eigenvalue weighted by Gasteiger charge is 2.11. The molecule has 3 amide bonds. The normalized spacial score (nSPS) is 10.3. The van der Waals surface area contributed by atoms with E-state index in [4.69, 9.17) is 0 Å². The lowest BCUT2D eigenvalue weighted by Crippen LogP contribution is -2.19. The average molecular weight is 380 g/mol. The Kier molecular flexibility index (Phi) is 5.83. The van der Waals surface area contributed by atoms with E-state index in [9.17, 15) is 9.59 Å². The number of aromatic nitrogens is 1. The number of rotatable bonds is 5. The van der Waals surface area contributed by atoms with E-state index in [1.54, 1.807) is 17.5 Å². The number of hydrogen-bond donors (Lipinski definition) is 3. The first-order valence-electron chi connectivity index (χ1n) is 8.45. The fourth-order valence-electron chi connectivity index (χ4n) is 2.47. The highest BCUT2D eigenvalue weighted by molar-refractivity contribution is 7.14. The predicted octanol–water partition coefficient (Wildman–Crippen LogP) is 4.59. The van der Waals surface area contributed by atoms with Crippen molar-refractivity contribution in [2.75, 3.05) is 16.0 Å². The highest BCUT2D eigenvalue weighted by Crippen LogP contribution is 2.20. The van der Waals surface area contributed by atoms with Gasteiger partial charge in [0.25, 0.3) is 0 Å². The van der Waals surface area contributed by atoms with Crippen molar-refractivity contribution in [2.45, 2.75) is 20.3 Å². The van der Waals surface area contributed by atoms with Crippen LogP contribution in [0.3, 0.4) is 0 Å². The van der Waals surface area contributed by atoms with Crippen LogP contribution in [0.4, 0.5) is 21.3 Å². The molecule has 0 fully saturated rings. The first kappa shape index (κ1) is 18.6. The van der Waals surface area contributed by atoms with Gasteiger partial charge in [-0.2, -0.15) is 0 Å². The Hall–Kier alpha value is -3.19. The standard InChI is InChI=1S/C20H20N4O2S/c1-13-7-6-10-17(14(13)2)23-18(25)11-16-12-27-20(22-16)24-19(26)21-15-8-4-3-5-9-15/h3-10,12H,11H2,1-2H3,(H,23,25)(H2,21,22,24,26). The molecule has 6 nitrogen and oxygen atoms in total. The van der Waals surface area contributed by atoms with Gasteiger partial charge in [-0.15, -0.1) is 11.3 Å². The zero-order valence-electron chi connectivity index (χ0n) is 15.1. The summed E-state index contributed by atoms with van der Waals surface area (Å²) >= 11 is 1.28. The van der Waals surface area contributed by atoms with Crippen LogP contribution < -0.4 is 16.0 Å². The van der Waals surface area contributed by atoms with Crippen LogP contribution in [0.2, 0.25) is 0 Å². The fourth-order valence-corrected chi connectivity index (χ4v) is 3.18. The van der Waals surface area contributed by atoms with E-state index in [-0.39, 0.29) is 18.4 Å². The van der Waals surface area contributed by atoms with E-state index in [0.29, 0.717) is 16.5 Å². The lowest BCUT2D eigenvalue weighted by molar-refractivity contribution is -0.115. The summed E-state index contributed by atoms with van der Waals surface area (Å²) in [5, 5.41) is 10.5. The molecule has 1 aromatic heterocycles. The van der Waals surface area contributed by atoms with Gasteiger partial charge in [-0.05, 0) is 43.2 Å². The quantitative estimate of drug-likeness (QED) is 0.606. The number of aryl methyl sites for hydroxylation is 1. The van der Waals surface area contributed by atoms with Crippen LogP contribution in [0.15, 0.2) is 53.9 Å². The molecule has 0 saturated heterocycles. The van der Waals surface area contributed by atoms with Crippen molar-refractivity contribution in [3.05, 3.63) is 70.7 Å². The summed E-state index contributed by atoms with van der Waals surface area (Å²) in [5.74, 6) is -0.144. The smallest absolute Gasteiger partial charge is 0.325 e. The maximum absolute atomic E-state index is 12.3. The van der Waals surface area contributed by atoms with Crippen molar-refractivity contribution in [1.82, 2.24) is 4.98 Å². The van der Waals surface area contributed by atoms with Crippen LogP contribution in [0, 0.1) is 13.8 Å². The third kappa shape index (κ3) is 5.15. The van der Waals surface area contributed by atoms with Crippen LogP contribution in [0.1, 0.15) is 16.8 Å². The van der Waals surface area contributed by atoms with Crippen molar-refractivity contribution in [1.29, 1.82) is 0 Å². The summed E-state index contributed by atoms with van der Waals surface area (Å²) in [4.78, 5) is 28.6. The molecule has 2 aromatic carbocycles. The van der Waals surface area contributed by atoms with Gasteiger partial charge in [0.15, 0.2) is 5.13 Å². The van der Waals surface area contributed by atoms with E-state index in [0.717, 1.165) is 16.8 Å². The fraction of sp³-hybridized carbons (Fsp3) is 0.150. The predicted molar refractivity (Wildman–Crippen MR) is 109 cm³/mol. The highest BCUT2D eigenvalue weighted by atomic mass is 32.1. The molecule has 0 aliphatic rings. The third-order valence-electron chi connectivity index (χ3n) is 4.02. The molecule has 0 atom stereocenters. The van der Waals surface area contributed by atoms with E-state index in [2.05, 4.69) is 20.9 Å². The zero-order chi connectivity index (χ0) is 19.2. The van der Waals surface area contributed by atoms with Crippen molar-refractivity contribution >= 4 is 39.8 Å². The molecule has 0 aliphatic carbocycles. The Bertz CT molecular complexity index is 954. The van der Waals surface area contributed by atoms with Crippen LogP contribution in [-0.2, 0) is 11.2 Å². The van der Waals surface area contributed by atoms with Crippen molar-refractivity contribution in [3.8, 4) is 0 Å². The number of nitrogens with zero attached hydrogens (tertiary/aromatic N) is 1. The minimum atomic E-state index is -0.373. The molecule has 0 aliphatic heterocycles. The minimum Gasteiger partial charge on any atom is -0.325 e. The maximum atomic E-state index is 12.3. The Morgan fingerprint density at radius 2 is 1.74 bits per heavy atom. The van der Waals surface area contributed by atoms with Gasteiger partial charge < -0.3 is 10.6 Å². The molecule has 0 spiro atoms. The van der Waals surface area contributed by atoms with Crippen LogP contribution in [0.5, 0.6) is 0 Å². The lowest BCUT2D eigenvalue weighted by atomic mass is 10.1. The number of nitrogens with one attached hydrogen (secondary N) is 3. The number of hydrogen-bond acceptors (Lipinski definition) is 4. The molecule has 3 rings (SSSR count).